The van der Waals surface area contributed by atoms with E-state index in [-0.39, 0.29) is 11.9 Å². The van der Waals surface area contributed by atoms with Crippen LogP contribution in [0.25, 0.3) is 11.0 Å². The lowest BCUT2D eigenvalue weighted by atomic mass is 9.95. The minimum atomic E-state index is -0.150. The van der Waals surface area contributed by atoms with Crippen LogP contribution in [-0.2, 0) is 0 Å². The van der Waals surface area contributed by atoms with Gasteiger partial charge in [0.1, 0.15) is 12.0 Å². The van der Waals surface area contributed by atoms with Gasteiger partial charge in [0.15, 0.2) is 5.58 Å². The fraction of sp³-hybridized carbons (Fsp3) is 0.429. The van der Waals surface area contributed by atoms with Crippen LogP contribution in [0.1, 0.15) is 29.8 Å². The molecule has 0 saturated carbocycles. The third-order valence-electron chi connectivity index (χ3n) is 4.26. The summed E-state index contributed by atoms with van der Waals surface area (Å²) in [6.45, 7) is 0. The molecule has 0 aliphatic carbocycles. The Labute approximate surface area is 120 Å². The molecule has 6 heteroatoms. The van der Waals surface area contributed by atoms with Crippen molar-refractivity contribution in [3.63, 3.8) is 0 Å². The zero-order valence-electron chi connectivity index (χ0n) is 10.7. The number of pyridine rings is 1. The molecule has 2 aliphatic heterocycles. The number of hydrogen-bond acceptors (Lipinski definition) is 4. The third kappa shape index (κ3) is 1.89. The molecule has 104 valence electrons. The van der Waals surface area contributed by atoms with Gasteiger partial charge in [0.05, 0.1) is 11.2 Å². The summed E-state index contributed by atoms with van der Waals surface area (Å²) in [7, 11) is 0. The monoisotopic (exact) mass is 291 g/mol. The van der Waals surface area contributed by atoms with E-state index in [9.17, 15) is 4.79 Å². The van der Waals surface area contributed by atoms with Crippen molar-refractivity contribution in [2.24, 2.45) is 0 Å². The van der Waals surface area contributed by atoms with Crippen molar-refractivity contribution in [1.29, 1.82) is 0 Å². The highest BCUT2D eigenvalue weighted by atomic mass is 35.5. The first kappa shape index (κ1) is 12.2. The predicted octanol–water partition coefficient (Wildman–Crippen LogP) is 2.10. The van der Waals surface area contributed by atoms with Crippen molar-refractivity contribution in [2.45, 2.75) is 37.4 Å². The molecule has 1 amide bonds. The molecule has 0 spiro atoms. The first-order chi connectivity index (χ1) is 9.70. The van der Waals surface area contributed by atoms with Crippen LogP contribution in [0.15, 0.2) is 22.9 Å². The molecule has 20 heavy (non-hydrogen) atoms. The molecule has 2 bridgehead atoms. The van der Waals surface area contributed by atoms with Crippen LogP contribution >= 0.6 is 11.6 Å². The number of furan rings is 1. The van der Waals surface area contributed by atoms with Crippen LogP contribution in [-0.4, -0.2) is 29.0 Å². The van der Waals surface area contributed by atoms with Crippen LogP contribution in [0, 0.1) is 0 Å². The molecule has 2 aromatic heterocycles. The fourth-order valence-corrected chi connectivity index (χ4v) is 3.44. The highest BCUT2D eigenvalue weighted by Gasteiger charge is 2.39. The minimum absolute atomic E-state index is 0.150. The SMILES string of the molecule is O=C(N[C@@H]1C[C@@H]2CC[C@H]1N2)c1cc2c(Cl)coc2cn1. The van der Waals surface area contributed by atoms with Gasteiger partial charge in [-0.05, 0) is 25.3 Å². The van der Waals surface area contributed by atoms with E-state index < -0.39 is 0 Å². The van der Waals surface area contributed by atoms with Crippen LogP contribution < -0.4 is 10.6 Å². The van der Waals surface area contributed by atoms with E-state index >= 15 is 0 Å². The van der Waals surface area contributed by atoms with Crippen molar-refractivity contribution in [3.8, 4) is 0 Å². The van der Waals surface area contributed by atoms with E-state index in [1.165, 1.54) is 18.9 Å². The van der Waals surface area contributed by atoms with Crippen molar-refractivity contribution in [3.05, 3.63) is 29.2 Å². The summed E-state index contributed by atoms with van der Waals surface area (Å²) in [5, 5.41) is 7.78. The van der Waals surface area contributed by atoms with Gasteiger partial charge in [0.25, 0.3) is 5.91 Å². The van der Waals surface area contributed by atoms with Gasteiger partial charge in [-0.3, -0.25) is 4.79 Å². The summed E-state index contributed by atoms with van der Waals surface area (Å²) in [4.78, 5) is 16.4. The fourth-order valence-electron chi connectivity index (χ4n) is 3.25. The summed E-state index contributed by atoms with van der Waals surface area (Å²) >= 11 is 6.01. The summed E-state index contributed by atoms with van der Waals surface area (Å²) < 4.78 is 5.22. The molecule has 4 rings (SSSR count). The van der Waals surface area contributed by atoms with Crippen LogP contribution in [0.5, 0.6) is 0 Å². The number of nitrogens with zero attached hydrogens (tertiary/aromatic N) is 1. The van der Waals surface area contributed by atoms with E-state index in [0.29, 0.717) is 28.4 Å². The molecule has 0 unspecified atom stereocenters. The number of fused-ring (bicyclic) bond motifs is 3. The second-order valence-electron chi connectivity index (χ2n) is 5.51. The molecule has 4 heterocycles. The lowest BCUT2D eigenvalue weighted by molar-refractivity contribution is 0.0926. The Morgan fingerprint density at radius 2 is 2.40 bits per heavy atom. The average Bonchev–Trinajstić information content (AvgIpc) is 3.15. The van der Waals surface area contributed by atoms with E-state index in [0.717, 1.165) is 18.2 Å². The molecule has 3 atom stereocenters. The summed E-state index contributed by atoms with van der Waals surface area (Å²) in [6, 6.07) is 2.85. The highest BCUT2D eigenvalue weighted by Crippen LogP contribution is 2.29. The van der Waals surface area contributed by atoms with Gasteiger partial charge in [-0.25, -0.2) is 4.98 Å². The number of nitrogens with one attached hydrogen (secondary N) is 2. The van der Waals surface area contributed by atoms with E-state index in [1.54, 1.807) is 6.07 Å². The van der Waals surface area contributed by atoms with E-state index in [2.05, 4.69) is 15.6 Å². The van der Waals surface area contributed by atoms with Gasteiger partial charge in [-0.15, -0.1) is 0 Å². The molecule has 5 nitrogen and oxygen atoms in total. The van der Waals surface area contributed by atoms with E-state index in [1.807, 2.05) is 0 Å². The predicted molar refractivity (Wildman–Crippen MR) is 74.8 cm³/mol. The van der Waals surface area contributed by atoms with Gasteiger partial charge in [-0.2, -0.15) is 0 Å². The zero-order valence-corrected chi connectivity index (χ0v) is 11.5. The maximum atomic E-state index is 12.3. The quantitative estimate of drug-likeness (QED) is 0.889. The molecule has 0 aromatic carbocycles. The largest absolute Gasteiger partial charge is 0.461 e. The number of carbonyl (C=O) groups excluding carboxylic acids is 1. The second-order valence-corrected chi connectivity index (χ2v) is 5.92. The summed E-state index contributed by atoms with van der Waals surface area (Å²) in [5.74, 6) is -0.150. The molecule has 2 N–H and O–H groups in total. The van der Waals surface area contributed by atoms with Gasteiger partial charge in [0, 0.05) is 23.5 Å². The third-order valence-corrected chi connectivity index (χ3v) is 4.56. The van der Waals surface area contributed by atoms with Crippen LogP contribution in [0.2, 0.25) is 5.02 Å². The Morgan fingerprint density at radius 1 is 1.50 bits per heavy atom. The standard InChI is InChI=1S/C14H14ClN3O2/c15-9-6-20-13-5-16-12(4-8(9)13)14(19)18-11-3-7-1-2-10(11)17-7/h4-7,10-11,17H,1-3H2,(H,18,19)/t7-,10+,11+/m0/s1. The van der Waals surface area contributed by atoms with Crippen molar-refractivity contribution < 1.29 is 9.21 Å². The first-order valence-electron chi connectivity index (χ1n) is 6.80. The molecule has 2 aliphatic rings. The lowest BCUT2D eigenvalue weighted by Gasteiger charge is -2.21. The molecular weight excluding hydrogens is 278 g/mol. The maximum Gasteiger partial charge on any atom is 0.270 e. The normalized spacial score (nSPS) is 28.1. The van der Waals surface area contributed by atoms with Gasteiger partial charge < -0.3 is 15.1 Å². The number of aromatic nitrogens is 1. The Hall–Kier alpha value is -1.59. The Balaban J connectivity index is 1.56. The summed E-state index contributed by atoms with van der Waals surface area (Å²) in [5.41, 5.74) is 0.969. The molecule has 2 fully saturated rings. The molecule has 2 aromatic rings. The Bertz CT molecular complexity index is 684. The topological polar surface area (TPSA) is 67.2 Å². The van der Waals surface area contributed by atoms with E-state index in [4.69, 9.17) is 16.0 Å². The smallest absolute Gasteiger partial charge is 0.270 e. The van der Waals surface area contributed by atoms with Gasteiger partial charge in [-0.1, -0.05) is 11.6 Å². The number of amides is 1. The highest BCUT2D eigenvalue weighted by molar-refractivity contribution is 6.35. The number of rotatable bonds is 2. The zero-order chi connectivity index (χ0) is 13.7. The summed E-state index contributed by atoms with van der Waals surface area (Å²) in [6.07, 6.45) is 6.34. The van der Waals surface area contributed by atoms with Crippen molar-refractivity contribution in [2.75, 3.05) is 0 Å². The van der Waals surface area contributed by atoms with Gasteiger partial charge in [0.2, 0.25) is 0 Å². The van der Waals surface area contributed by atoms with Crippen molar-refractivity contribution >= 4 is 28.5 Å². The maximum absolute atomic E-state index is 12.3. The number of halogens is 1. The molecule has 2 saturated heterocycles. The average molecular weight is 292 g/mol. The molecule has 0 radical (unpaired) electrons. The number of carbonyl (C=O) groups is 1. The van der Waals surface area contributed by atoms with Crippen LogP contribution in [0.4, 0.5) is 0 Å². The Kier molecular flexibility index (Phi) is 2.72. The lowest BCUT2D eigenvalue weighted by Crippen LogP contribution is -2.43. The first-order valence-corrected chi connectivity index (χ1v) is 7.18. The van der Waals surface area contributed by atoms with Crippen molar-refractivity contribution in [1.82, 2.24) is 15.6 Å². The number of hydrogen-bond donors (Lipinski definition) is 2. The molecular formula is C14H14ClN3O2. The minimum Gasteiger partial charge on any atom is -0.461 e. The van der Waals surface area contributed by atoms with Crippen LogP contribution in [0.3, 0.4) is 0 Å². The second kappa shape index (κ2) is 4.46. The van der Waals surface area contributed by atoms with Gasteiger partial charge >= 0.3 is 0 Å². The Morgan fingerprint density at radius 3 is 3.15 bits per heavy atom.